The molecule has 1 heterocycles. The summed E-state index contributed by atoms with van der Waals surface area (Å²) in [5.41, 5.74) is 1.25. The normalized spacial score (nSPS) is 10.8. The Balaban J connectivity index is 1.72. The van der Waals surface area contributed by atoms with Gasteiger partial charge in [-0.15, -0.1) is 10.2 Å². The molecule has 1 N–H and O–H groups in total. The molecule has 2 rings (SSSR count). The number of aromatic nitrogens is 2. The third kappa shape index (κ3) is 6.16. The van der Waals surface area contributed by atoms with Gasteiger partial charge < -0.3 is 9.84 Å². The third-order valence-corrected chi connectivity index (χ3v) is 6.28. The van der Waals surface area contributed by atoms with Gasteiger partial charge in [0.05, 0.1) is 7.11 Å². The predicted molar refractivity (Wildman–Crippen MR) is 94.1 cm³/mol. The van der Waals surface area contributed by atoms with E-state index in [0.717, 1.165) is 45.2 Å². The molecule has 120 valence electrons. The second kappa shape index (κ2) is 10.1. The van der Waals surface area contributed by atoms with E-state index in [1.165, 1.54) is 5.56 Å². The maximum absolute atomic E-state index is 8.73. The summed E-state index contributed by atoms with van der Waals surface area (Å²) < 4.78 is 7.19. The van der Waals surface area contributed by atoms with Crippen molar-refractivity contribution >= 4 is 34.9 Å². The number of benzene rings is 1. The number of rotatable bonds is 10. The van der Waals surface area contributed by atoms with Crippen LogP contribution in [0, 0.1) is 0 Å². The Morgan fingerprint density at radius 1 is 1.05 bits per heavy atom. The van der Waals surface area contributed by atoms with Gasteiger partial charge in [0.2, 0.25) is 0 Å². The largest absolute Gasteiger partial charge is 0.497 e. The quantitative estimate of drug-likeness (QED) is 0.511. The Morgan fingerprint density at radius 3 is 2.45 bits per heavy atom. The smallest absolute Gasteiger partial charge is 0.175 e. The molecule has 0 aliphatic carbocycles. The van der Waals surface area contributed by atoms with Gasteiger partial charge in [-0.3, -0.25) is 0 Å². The Labute approximate surface area is 143 Å². The van der Waals surface area contributed by atoms with Crippen LogP contribution in [0.15, 0.2) is 32.9 Å². The van der Waals surface area contributed by atoms with Crippen molar-refractivity contribution in [1.82, 2.24) is 10.2 Å². The second-order valence-electron chi connectivity index (χ2n) is 4.60. The van der Waals surface area contributed by atoms with Crippen molar-refractivity contribution in [3.63, 3.8) is 0 Å². The molecule has 0 fully saturated rings. The van der Waals surface area contributed by atoms with Crippen molar-refractivity contribution in [3.05, 3.63) is 29.8 Å². The highest BCUT2D eigenvalue weighted by Crippen LogP contribution is 2.31. The molecule has 7 heteroatoms. The second-order valence-corrected chi connectivity index (χ2v) is 8.15. The zero-order valence-electron chi connectivity index (χ0n) is 12.5. The van der Waals surface area contributed by atoms with Crippen LogP contribution in [0.2, 0.25) is 0 Å². The summed E-state index contributed by atoms with van der Waals surface area (Å²) >= 11 is 5.12. The van der Waals surface area contributed by atoms with E-state index >= 15 is 0 Å². The van der Waals surface area contributed by atoms with E-state index in [9.17, 15) is 0 Å². The minimum Gasteiger partial charge on any atom is -0.497 e. The number of nitrogens with zero attached hydrogens (tertiary/aromatic N) is 2. The molecule has 0 amide bonds. The number of thioether (sulfide) groups is 2. The highest BCUT2D eigenvalue weighted by molar-refractivity contribution is 8.02. The fourth-order valence-corrected chi connectivity index (χ4v) is 4.78. The molecule has 0 radical (unpaired) electrons. The van der Waals surface area contributed by atoms with Gasteiger partial charge in [-0.05, 0) is 30.5 Å². The molecule has 22 heavy (non-hydrogen) atoms. The van der Waals surface area contributed by atoms with Crippen LogP contribution in [-0.4, -0.2) is 34.8 Å². The van der Waals surface area contributed by atoms with Crippen LogP contribution in [0.5, 0.6) is 5.75 Å². The number of methoxy groups -OCH3 is 1. The fraction of sp³-hybridized carbons (Fsp3) is 0.467. The van der Waals surface area contributed by atoms with Gasteiger partial charge in [0.15, 0.2) is 8.68 Å². The van der Waals surface area contributed by atoms with E-state index in [1.54, 1.807) is 42.0 Å². The van der Waals surface area contributed by atoms with Gasteiger partial charge in [-0.2, -0.15) is 0 Å². The molecule has 0 aliphatic rings. The van der Waals surface area contributed by atoms with E-state index in [2.05, 4.69) is 22.3 Å². The van der Waals surface area contributed by atoms with E-state index in [4.69, 9.17) is 9.84 Å². The number of aliphatic hydroxyl groups excluding tert-OH is 1. The average Bonchev–Trinajstić information content (AvgIpc) is 3.01. The molecule has 0 saturated carbocycles. The van der Waals surface area contributed by atoms with E-state index in [-0.39, 0.29) is 6.61 Å². The van der Waals surface area contributed by atoms with E-state index in [1.807, 2.05) is 12.1 Å². The number of hydrogen-bond donors (Lipinski definition) is 1. The van der Waals surface area contributed by atoms with Crippen LogP contribution >= 0.6 is 34.9 Å². The molecule has 0 bridgehead atoms. The first-order valence-electron chi connectivity index (χ1n) is 7.14. The van der Waals surface area contributed by atoms with Crippen molar-refractivity contribution in [2.45, 2.75) is 33.7 Å². The van der Waals surface area contributed by atoms with E-state index in [0.29, 0.717) is 0 Å². The summed E-state index contributed by atoms with van der Waals surface area (Å²) in [5.74, 6) is 2.81. The monoisotopic (exact) mass is 356 g/mol. The molecule has 0 saturated heterocycles. The number of unbranched alkanes of at least 4 members (excludes halogenated alkanes) is 2. The van der Waals surface area contributed by atoms with Gasteiger partial charge >= 0.3 is 0 Å². The molecule has 0 atom stereocenters. The summed E-state index contributed by atoms with van der Waals surface area (Å²) in [4.78, 5) is 0. The Hall–Kier alpha value is -0.760. The van der Waals surface area contributed by atoms with Crippen LogP contribution in [0.4, 0.5) is 0 Å². The first kappa shape index (κ1) is 17.6. The summed E-state index contributed by atoms with van der Waals surface area (Å²) in [5, 5.41) is 17.2. The summed E-state index contributed by atoms with van der Waals surface area (Å²) in [6.45, 7) is 0.287. The maximum Gasteiger partial charge on any atom is 0.175 e. The highest BCUT2D eigenvalue weighted by atomic mass is 32.2. The average molecular weight is 357 g/mol. The zero-order chi connectivity index (χ0) is 15.6. The summed E-state index contributed by atoms with van der Waals surface area (Å²) in [6, 6.07) is 8.10. The molecule has 0 spiro atoms. The van der Waals surface area contributed by atoms with Crippen molar-refractivity contribution < 1.29 is 9.84 Å². The van der Waals surface area contributed by atoms with Crippen LogP contribution in [0.25, 0.3) is 0 Å². The lowest BCUT2D eigenvalue weighted by molar-refractivity contribution is 0.284. The van der Waals surface area contributed by atoms with E-state index < -0.39 is 0 Å². The van der Waals surface area contributed by atoms with Crippen molar-refractivity contribution in [2.24, 2.45) is 0 Å². The molecule has 2 aromatic rings. The Morgan fingerprint density at radius 2 is 1.77 bits per heavy atom. The summed E-state index contributed by atoms with van der Waals surface area (Å²) in [6.07, 6.45) is 3.07. The minimum atomic E-state index is 0.287. The van der Waals surface area contributed by atoms with Gasteiger partial charge in [-0.25, -0.2) is 0 Å². The van der Waals surface area contributed by atoms with Crippen LogP contribution in [0.1, 0.15) is 24.8 Å². The molecule has 4 nitrogen and oxygen atoms in total. The van der Waals surface area contributed by atoms with Gasteiger partial charge in [0, 0.05) is 18.1 Å². The third-order valence-electron chi connectivity index (χ3n) is 2.94. The lowest BCUT2D eigenvalue weighted by atomic mass is 10.2. The number of ether oxygens (including phenoxy) is 1. The Kier molecular flexibility index (Phi) is 8.07. The minimum absolute atomic E-state index is 0.287. The fourth-order valence-electron chi connectivity index (χ4n) is 1.73. The lowest BCUT2D eigenvalue weighted by Gasteiger charge is -2.01. The van der Waals surface area contributed by atoms with Crippen LogP contribution in [0.3, 0.4) is 0 Å². The number of aliphatic hydroxyl groups is 1. The molecular formula is C15H20N2O2S3. The van der Waals surface area contributed by atoms with Crippen LogP contribution in [-0.2, 0) is 5.75 Å². The summed E-state index contributed by atoms with van der Waals surface area (Å²) in [7, 11) is 1.67. The van der Waals surface area contributed by atoms with Gasteiger partial charge in [0.25, 0.3) is 0 Å². The molecular weight excluding hydrogens is 336 g/mol. The highest BCUT2D eigenvalue weighted by Gasteiger charge is 2.06. The molecule has 0 unspecified atom stereocenters. The molecule has 0 aliphatic heterocycles. The van der Waals surface area contributed by atoms with Gasteiger partial charge in [-0.1, -0.05) is 53.4 Å². The molecule has 1 aromatic heterocycles. The van der Waals surface area contributed by atoms with Gasteiger partial charge in [0.1, 0.15) is 5.75 Å². The first-order chi connectivity index (χ1) is 10.8. The topological polar surface area (TPSA) is 55.2 Å². The lowest BCUT2D eigenvalue weighted by Crippen LogP contribution is -1.85. The number of hydrogen-bond acceptors (Lipinski definition) is 7. The van der Waals surface area contributed by atoms with Crippen molar-refractivity contribution in [1.29, 1.82) is 0 Å². The maximum atomic E-state index is 8.73. The SMILES string of the molecule is COc1ccc(CSc2nnc(SCCCCCO)s2)cc1. The standard InChI is InChI=1S/C15H20N2O2S3/c1-19-13-7-5-12(6-8-13)11-21-15-17-16-14(22-15)20-10-4-2-3-9-18/h5-8,18H,2-4,9-11H2,1H3. The van der Waals surface area contributed by atoms with Crippen LogP contribution < -0.4 is 4.74 Å². The Bertz CT molecular complexity index is 546. The van der Waals surface area contributed by atoms with Crippen molar-refractivity contribution in [3.8, 4) is 5.75 Å². The predicted octanol–water partition coefficient (Wildman–Crippen LogP) is 4.09. The zero-order valence-corrected chi connectivity index (χ0v) is 15.0. The first-order valence-corrected chi connectivity index (χ1v) is 9.93. The van der Waals surface area contributed by atoms with Crippen molar-refractivity contribution in [2.75, 3.05) is 19.5 Å². The molecule has 1 aromatic carbocycles.